The van der Waals surface area contributed by atoms with E-state index in [2.05, 4.69) is 4.98 Å². The van der Waals surface area contributed by atoms with Crippen LogP contribution in [0.3, 0.4) is 0 Å². The molecule has 0 aromatic carbocycles. The second kappa shape index (κ2) is 3.26. The van der Waals surface area contributed by atoms with E-state index in [0.717, 1.165) is 17.3 Å². The molecule has 1 heterocycles. The van der Waals surface area contributed by atoms with Gasteiger partial charge in [-0.05, 0) is 6.92 Å². The number of alkyl halides is 1. The van der Waals surface area contributed by atoms with Crippen molar-refractivity contribution >= 4 is 11.6 Å². The molecule has 0 atom stereocenters. The predicted molar refractivity (Wildman–Crippen MR) is 44.9 cm³/mol. The fraction of sp³-hybridized carbons (Fsp3) is 0.625. The Hall–Kier alpha value is -0.500. The van der Waals surface area contributed by atoms with E-state index in [1.165, 1.54) is 0 Å². The highest BCUT2D eigenvalue weighted by Gasteiger charge is 2.10. The average Bonchev–Trinajstić information content (AvgIpc) is 2.31. The van der Waals surface area contributed by atoms with Gasteiger partial charge in [0.05, 0.1) is 11.6 Å². The van der Waals surface area contributed by atoms with Crippen LogP contribution in [-0.4, -0.2) is 4.98 Å². The van der Waals surface area contributed by atoms with Gasteiger partial charge in [-0.15, -0.1) is 11.6 Å². The van der Waals surface area contributed by atoms with Gasteiger partial charge in [0.25, 0.3) is 0 Å². The van der Waals surface area contributed by atoms with Crippen molar-refractivity contribution < 1.29 is 4.42 Å². The van der Waals surface area contributed by atoms with Gasteiger partial charge in [0, 0.05) is 5.92 Å². The van der Waals surface area contributed by atoms with Crippen molar-refractivity contribution in [3.63, 3.8) is 0 Å². The molecule has 0 aliphatic rings. The molecule has 3 heteroatoms. The zero-order valence-electron chi connectivity index (χ0n) is 7.02. The summed E-state index contributed by atoms with van der Waals surface area (Å²) in [4.78, 5) is 4.23. The summed E-state index contributed by atoms with van der Waals surface area (Å²) in [6, 6.07) is 0. The summed E-state index contributed by atoms with van der Waals surface area (Å²) in [7, 11) is 0. The number of aryl methyl sites for hydroxylation is 1. The Morgan fingerprint density at radius 1 is 1.55 bits per heavy atom. The Morgan fingerprint density at radius 3 is 2.45 bits per heavy atom. The molecule has 0 fully saturated rings. The Balaban J connectivity index is 2.95. The first-order valence-corrected chi connectivity index (χ1v) is 4.20. The Morgan fingerprint density at radius 2 is 2.18 bits per heavy atom. The number of hydrogen-bond donors (Lipinski definition) is 0. The van der Waals surface area contributed by atoms with Crippen molar-refractivity contribution in [3.8, 4) is 0 Å². The van der Waals surface area contributed by atoms with Gasteiger partial charge in [-0.25, -0.2) is 4.98 Å². The van der Waals surface area contributed by atoms with Crippen LogP contribution in [0.25, 0.3) is 0 Å². The van der Waals surface area contributed by atoms with Crippen LogP contribution < -0.4 is 0 Å². The monoisotopic (exact) mass is 173 g/mol. The second-order valence-corrected chi connectivity index (χ2v) is 3.12. The highest BCUT2D eigenvalue weighted by Crippen LogP contribution is 2.18. The first kappa shape index (κ1) is 8.60. The lowest BCUT2D eigenvalue weighted by molar-refractivity contribution is 0.447. The lowest BCUT2D eigenvalue weighted by Gasteiger charge is -1.94. The summed E-state index contributed by atoms with van der Waals surface area (Å²) in [5.41, 5.74) is 0.906. The van der Waals surface area contributed by atoms with Crippen LogP contribution >= 0.6 is 11.6 Å². The van der Waals surface area contributed by atoms with Crippen molar-refractivity contribution in [3.05, 3.63) is 17.3 Å². The number of hydrogen-bond acceptors (Lipinski definition) is 2. The largest absolute Gasteiger partial charge is 0.444 e. The second-order valence-electron chi connectivity index (χ2n) is 2.85. The average molecular weight is 174 g/mol. The first-order valence-electron chi connectivity index (χ1n) is 3.67. The maximum absolute atomic E-state index is 5.62. The molecule has 0 amide bonds. The quantitative estimate of drug-likeness (QED) is 0.643. The molecular formula is C8H12ClNO. The molecule has 0 aliphatic carbocycles. The summed E-state index contributed by atoms with van der Waals surface area (Å²) in [6.45, 7) is 6.00. The van der Waals surface area contributed by atoms with Crippen LogP contribution in [0.15, 0.2) is 4.42 Å². The van der Waals surface area contributed by atoms with Crippen molar-refractivity contribution in [1.82, 2.24) is 4.98 Å². The third kappa shape index (κ3) is 1.74. The van der Waals surface area contributed by atoms with E-state index in [1.807, 2.05) is 20.8 Å². The summed E-state index contributed by atoms with van der Waals surface area (Å²) in [6.07, 6.45) is 0. The lowest BCUT2D eigenvalue weighted by Crippen LogP contribution is -1.85. The van der Waals surface area contributed by atoms with E-state index in [1.54, 1.807) is 0 Å². The standard InChI is InChI=1S/C8H12ClNO/c1-5(2)8-10-6(3)7(4-9)11-8/h5H,4H2,1-3H3. The minimum Gasteiger partial charge on any atom is -0.444 e. The Labute approximate surface area is 71.6 Å². The van der Waals surface area contributed by atoms with Gasteiger partial charge in [-0.2, -0.15) is 0 Å². The molecule has 0 bridgehead atoms. The van der Waals surface area contributed by atoms with Gasteiger partial charge in [0.1, 0.15) is 5.76 Å². The molecule has 0 saturated carbocycles. The maximum Gasteiger partial charge on any atom is 0.197 e. The first-order chi connectivity index (χ1) is 5.15. The normalized spacial score (nSPS) is 11.0. The minimum absolute atomic E-state index is 0.339. The Bertz CT molecular complexity index is 242. The van der Waals surface area contributed by atoms with E-state index in [0.29, 0.717) is 11.8 Å². The van der Waals surface area contributed by atoms with Gasteiger partial charge in [0.15, 0.2) is 5.89 Å². The molecule has 0 N–H and O–H groups in total. The van der Waals surface area contributed by atoms with Gasteiger partial charge in [0.2, 0.25) is 0 Å². The molecule has 1 aromatic rings. The summed E-state index contributed by atoms with van der Waals surface area (Å²) < 4.78 is 5.38. The van der Waals surface area contributed by atoms with Gasteiger partial charge >= 0.3 is 0 Å². The van der Waals surface area contributed by atoms with E-state index < -0.39 is 0 Å². The third-order valence-corrected chi connectivity index (χ3v) is 1.77. The number of aromatic nitrogens is 1. The molecule has 0 radical (unpaired) electrons. The smallest absolute Gasteiger partial charge is 0.197 e. The topological polar surface area (TPSA) is 26.0 Å². The van der Waals surface area contributed by atoms with Crippen LogP contribution in [-0.2, 0) is 5.88 Å². The molecule has 0 unspecified atom stereocenters. The number of rotatable bonds is 2. The van der Waals surface area contributed by atoms with Crippen molar-refractivity contribution in [2.45, 2.75) is 32.6 Å². The Kier molecular flexibility index (Phi) is 2.55. The molecule has 0 spiro atoms. The summed E-state index contributed by atoms with van der Waals surface area (Å²) in [5.74, 6) is 2.31. The van der Waals surface area contributed by atoms with Crippen LogP contribution in [0.4, 0.5) is 0 Å². The van der Waals surface area contributed by atoms with Crippen molar-refractivity contribution in [2.24, 2.45) is 0 Å². The van der Waals surface area contributed by atoms with Crippen LogP contribution in [0.1, 0.15) is 37.1 Å². The number of oxazole rings is 1. The molecule has 0 aliphatic heterocycles. The van der Waals surface area contributed by atoms with E-state index in [9.17, 15) is 0 Å². The fourth-order valence-electron chi connectivity index (χ4n) is 0.821. The minimum atomic E-state index is 0.339. The maximum atomic E-state index is 5.62. The van der Waals surface area contributed by atoms with Crippen LogP contribution in [0.5, 0.6) is 0 Å². The molecule has 0 saturated heterocycles. The van der Waals surface area contributed by atoms with Crippen molar-refractivity contribution in [1.29, 1.82) is 0 Å². The zero-order valence-corrected chi connectivity index (χ0v) is 7.77. The van der Waals surface area contributed by atoms with Gasteiger partial charge in [-0.3, -0.25) is 0 Å². The van der Waals surface area contributed by atoms with Gasteiger partial charge < -0.3 is 4.42 Å². The van der Waals surface area contributed by atoms with E-state index >= 15 is 0 Å². The predicted octanol–water partition coefficient (Wildman–Crippen LogP) is 2.85. The lowest BCUT2D eigenvalue weighted by atomic mass is 10.2. The number of halogens is 1. The summed E-state index contributed by atoms with van der Waals surface area (Å²) >= 11 is 5.62. The third-order valence-electron chi connectivity index (χ3n) is 1.52. The highest BCUT2D eigenvalue weighted by atomic mass is 35.5. The van der Waals surface area contributed by atoms with Crippen LogP contribution in [0, 0.1) is 6.92 Å². The molecule has 11 heavy (non-hydrogen) atoms. The molecule has 62 valence electrons. The van der Waals surface area contributed by atoms with E-state index in [-0.39, 0.29) is 0 Å². The van der Waals surface area contributed by atoms with Gasteiger partial charge in [-0.1, -0.05) is 13.8 Å². The number of nitrogens with zero attached hydrogens (tertiary/aromatic N) is 1. The zero-order chi connectivity index (χ0) is 8.43. The summed E-state index contributed by atoms with van der Waals surface area (Å²) in [5, 5.41) is 0. The van der Waals surface area contributed by atoms with E-state index in [4.69, 9.17) is 16.0 Å². The molecule has 1 aromatic heterocycles. The molecular weight excluding hydrogens is 162 g/mol. The highest BCUT2D eigenvalue weighted by molar-refractivity contribution is 6.16. The van der Waals surface area contributed by atoms with Crippen LogP contribution in [0.2, 0.25) is 0 Å². The fourth-order valence-corrected chi connectivity index (χ4v) is 1.07. The SMILES string of the molecule is Cc1nc(C(C)C)oc1CCl. The van der Waals surface area contributed by atoms with Crippen molar-refractivity contribution in [2.75, 3.05) is 0 Å². The molecule has 1 rings (SSSR count). The molecule has 2 nitrogen and oxygen atoms in total.